The summed E-state index contributed by atoms with van der Waals surface area (Å²) in [6.07, 6.45) is 11.9. The monoisotopic (exact) mass is 449 g/mol. The van der Waals surface area contributed by atoms with E-state index >= 15 is 0 Å². The van der Waals surface area contributed by atoms with Gasteiger partial charge in [0, 0.05) is 19.3 Å². The zero-order valence-electron chi connectivity index (χ0n) is 19.3. The van der Waals surface area contributed by atoms with E-state index in [1.807, 2.05) is 18.2 Å². The van der Waals surface area contributed by atoms with Crippen LogP contribution in [0.15, 0.2) is 24.4 Å². The first-order chi connectivity index (χ1) is 16.1. The Bertz CT molecular complexity index is 1020. The lowest BCUT2D eigenvalue weighted by atomic mass is 9.49. The maximum atomic E-state index is 13.2. The van der Waals surface area contributed by atoms with Gasteiger partial charge in [0.25, 0.3) is 11.8 Å². The fourth-order valence-corrected chi connectivity index (χ4v) is 7.58. The number of nitrogens with one attached hydrogen (secondary N) is 3. The molecule has 5 fully saturated rings. The fraction of sp³-hybridized carbons (Fsp3) is 0.654. The fourth-order valence-electron chi connectivity index (χ4n) is 7.58. The molecule has 7 heteroatoms. The number of rotatable bonds is 6. The summed E-state index contributed by atoms with van der Waals surface area (Å²) in [5.41, 5.74) is 1.84. The molecule has 1 saturated heterocycles. The second-order valence-electron chi connectivity index (χ2n) is 11.3. The van der Waals surface area contributed by atoms with Gasteiger partial charge in [-0.2, -0.15) is 0 Å². The van der Waals surface area contributed by atoms with E-state index in [4.69, 9.17) is 0 Å². The standard InChI is InChI=1S/C26H35N5O2/c32-24(28-14-17-4-6-27-7-5-17)21-15-31-22(2-1-3-23(31)30-21)25(33)29-16-26-11-18-8-19(12-26)10-20(9-18)13-26/h1-3,15,17-20,27H,4-14,16H2,(H,28,32)(H,29,33). The van der Waals surface area contributed by atoms with Gasteiger partial charge in [-0.25, -0.2) is 4.98 Å². The Labute approximate surface area is 195 Å². The number of imidazole rings is 1. The quantitative estimate of drug-likeness (QED) is 0.633. The van der Waals surface area contributed by atoms with Crippen LogP contribution < -0.4 is 16.0 Å². The van der Waals surface area contributed by atoms with Crippen molar-refractivity contribution in [1.29, 1.82) is 0 Å². The smallest absolute Gasteiger partial charge is 0.271 e. The van der Waals surface area contributed by atoms with Gasteiger partial charge in [0.2, 0.25) is 0 Å². The van der Waals surface area contributed by atoms with E-state index in [9.17, 15) is 9.59 Å². The molecule has 2 aromatic heterocycles. The lowest BCUT2D eigenvalue weighted by Gasteiger charge is -2.56. The van der Waals surface area contributed by atoms with Crippen LogP contribution in [0.1, 0.15) is 72.3 Å². The Hall–Kier alpha value is -2.41. The number of hydrogen-bond donors (Lipinski definition) is 3. The molecule has 0 spiro atoms. The molecular formula is C26H35N5O2. The van der Waals surface area contributed by atoms with Crippen molar-refractivity contribution in [3.63, 3.8) is 0 Å². The molecule has 1 aliphatic heterocycles. The largest absolute Gasteiger partial charge is 0.350 e. The third-order valence-electron chi connectivity index (χ3n) is 8.76. The molecule has 0 aromatic carbocycles. The number of pyridine rings is 1. The minimum absolute atomic E-state index is 0.0737. The molecule has 4 saturated carbocycles. The van der Waals surface area contributed by atoms with Crippen LogP contribution in [0, 0.1) is 29.1 Å². The molecule has 2 amide bonds. The minimum Gasteiger partial charge on any atom is -0.350 e. The predicted octanol–water partition coefficient (Wildman–Crippen LogP) is 3.01. The topological polar surface area (TPSA) is 87.5 Å². The van der Waals surface area contributed by atoms with Gasteiger partial charge in [-0.1, -0.05) is 6.07 Å². The number of amides is 2. The van der Waals surface area contributed by atoms with Crippen molar-refractivity contribution in [1.82, 2.24) is 25.3 Å². The SMILES string of the molecule is O=C(NCC1CCNCC1)c1cn2c(C(=O)NCC34CC5CC(CC(C5)C3)C4)cccc2n1. The highest BCUT2D eigenvalue weighted by molar-refractivity contribution is 5.95. The first kappa shape index (κ1) is 21.1. The van der Waals surface area contributed by atoms with Gasteiger partial charge in [-0.15, -0.1) is 0 Å². The summed E-state index contributed by atoms with van der Waals surface area (Å²) in [6.45, 7) is 3.46. The molecule has 0 atom stereocenters. The van der Waals surface area contributed by atoms with Crippen molar-refractivity contribution >= 4 is 17.5 Å². The van der Waals surface area contributed by atoms with Crippen molar-refractivity contribution < 1.29 is 9.59 Å². The zero-order valence-corrected chi connectivity index (χ0v) is 19.3. The average molecular weight is 450 g/mol. The molecule has 3 N–H and O–H groups in total. The number of carbonyl (C=O) groups excluding carboxylic acids is 2. The van der Waals surface area contributed by atoms with Crippen molar-refractivity contribution in [3.05, 3.63) is 35.8 Å². The number of aromatic nitrogens is 2. The lowest BCUT2D eigenvalue weighted by molar-refractivity contribution is -0.0503. The van der Waals surface area contributed by atoms with E-state index in [0.717, 1.165) is 50.2 Å². The number of piperidine rings is 1. The Morgan fingerprint density at radius 3 is 2.39 bits per heavy atom. The van der Waals surface area contributed by atoms with Crippen LogP contribution in [0.25, 0.3) is 5.65 Å². The van der Waals surface area contributed by atoms with Crippen molar-refractivity contribution in [2.24, 2.45) is 29.1 Å². The number of nitrogens with zero attached hydrogens (tertiary/aromatic N) is 2. The lowest BCUT2D eigenvalue weighted by Crippen LogP contribution is -2.51. The average Bonchev–Trinajstić information content (AvgIpc) is 3.25. The molecule has 4 bridgehead atoms. The van der Waals surface area contributed by atoms with Crippen LogP contribution in [-0.2, 0) is 0 Å². The van der Waals surface area contributed by atoms with E-state index < -0.39 is 0 Å². The first-order valence-corrected chi connectivity index (χ1v) is 12.8. The highest BCUT2D eigenvalue weighted by atomic mass is 16.2. The highest BCUT2D eigenvalue weighted by Gasteiger charge is 2.50. The Balaban J connectivity index is 1.13. The molecule has 4 aliphatic carbocycles. The Morgan fingerprint density at radius 1 is 1.00 bits per heavy atom. The third kappa shape index (κ3) is 4.16. The van der Waals surface area contributed by atoms with Gasteiger partial charge in [-0.3, -0.25) is 14.0 Å². The molecule has 5 aliphatic rings. The van der Waals surface area contributed by atoms with Crippen LogP contribution in [0.2, 0.25) is 0 Å². The summed E-state index contributed by atoms with van der Waals surface area (Å²) in [6, 6.07) is 5.51. The van der Waals surface area contributed by atoms with Crippen LogP contribution in [0.5, 0.6) is 0 Å². The van der Waals surface area contributed by atoms with Gasteiger partial charge >= 0.3 is 0 Å². The summed E-state index contributed by atoms with van der Waals surface area (Å²) in [5, 5.41) is 9.64. The number of fused-ring (bicyclic) bond motifs is 1. The van der Waals surface area contributed by atoms with E-state index in [1.54, 1.807) is 10.6 Å². The van der Waals surface area contributed by atoms with Gasteiger partial charge in [0.1, 0.15) is 17.0 Å². The van der Waals surface area contributed by atoms with Gasteiger partial charge in [0.05, 0.1) is 0 Å². The van der Waals surface area contributed by atoms with E-state index in [-0.39, 0.29) is 11.8 Å². The number of carbonyl (C=O) groups is 2. The molecule has 7 rings (SSSR count). The Kier molecular flexibility index (Phi) is 5.40. The van der Waals surface area contributed by atoms with E-state index in [0.29, 0.717) is 34.9 Å². The summed E-state index contributed by atoms with van der Waals surface area (Å²) in [7, 11) is 0. The third-order valence-corrected chi connectivity index (χ3v) is 8.76. The number of hydrogen-bond acceptors (Lipinski definition) is 4. The van der Waals surface area contributed by atoms with Gasteiger partial charge in [-0.05, 0) is 106 Å². The summed E-state index contributed by atoms with van der Waals surface area (Å²) >= 11 is 0. The van der Waals surface area contributed by atoms with Crippen LogP contribution in [0.3, 0.4) is 0 Å². The summed E-state index contributed by atoms with van der Waals surface area (Å²) < 4.78 is 1.76. The molecule has 0 radical (unpaired) electrons. The van der Waals surface area contributed by atoms with Crippen LogP contribution in [-0.4, -0.2) is 47.4 Å². The highest BCUT2D eigenvalue weighted by Crippen LogP contribution is 2.59. The predicted molar refractivity (Wildman–Crippen MR) is 126 cm³/mol. The molecule has 2 aromatic rings. The first-order valence-electron chi connectivity index (χ1n) is 12.8. The maximum Gasteiger partial charge on any atom is 0.271 e. The molecule has 176 valence electrons. The molecular weight excluding hydrogens is 414 g/mol. The van der Waals surface area contributed by atoms with Gasteiger partial charge in [0.15, 0.2) is 0 Å². The zero-order chi connectivity index (χ0) is 22.4. The Morgan fingerprint density at radius 2 is 1.70 bits per heavy atom. The van der Waals surface area contributed by atoms with E-state index in [1.165, 1.54) is 38.5 Å². The van der Waals surface area contributed by atoms with Gasteiger partial charge < -0.3 is 16.0 Å². The summed E-state index contributed by atoms with van der Waals surface area (Å²) in [5.74, 6) is 2.88. The van der Waals surface area contributed by atoms with Crippen LogP contribution >= 0.6 is 0 Å². The minimum atomic E-state index is -0.169. The van der Waals surface area contributed by atoms with Crippen LogP contribution in [0.4, 0.5) is 0 Å². The molecule has 33 heavy (non-hydrogen) atoms. The van der Waals surface area contributed by atoms with Crippen molar-refractivity contribution in [2.75, 3.05) is 26.2 Å². The van der Waals surface area contributed by atoms with Crippen molar-refractivity contribution in [2.45, 2.75) is 51.4 Å². The maximum absolute atomic E-state index is 13.2. The summed E-state index contributed by atoms with van der Waals surface area (Å²) in [4.78, 5) is 30.4. The second-order valence-corrected chi connectivity index (χ2v) is 11.3. The molecule has 3 heterocycles. The van der Waals surface area contributed by atoms with Crippen molar-refractivity contribution in [3.8, 4) is 0 Å². The van der Waals surface area contributed by atoms with E-state index in [2.05, 4.69) is 20.9 Å². The molecule has 0 unspecified atom stereocenters. The second kappa shape index (κ2) is 8.42. The molecule has 7 nitrogen and oxygen atoms in total. The normalized spacial score (nSPS) is 31.1.